The van der Waals surface area contributed by atoms with Gasteiger partial charge in [0, 0.05) is 15.1 Å². The molecule has 2 nitrogen and oxygen atoms in total. The van der Waals surface area contributed by atoms with E-state index in [0.717, 1.165) is 17.7 Å². The molecule has 0 fully saturated rings. The van der Waals surface area contributed by atoms with Crippen molar-refractivity contribution in [3.05, 3.63) is 58.1 Å². The predicted molar refractivity (Wildman–Crippen MR) is 75.0 cm³/mol. The molecule has 0 aliphatic rings. The summed E-state index contributed by atoms with van der Waals surface area (Å²) in [6.07, 6.45) is 0. The summed E-state index contributed by atoms with van der Waals surface area (Å²) in [7, 11) is -1.46. The zero-order valence-electron chi connectivity index (χ0n) is 9.70. The summed E-state index contributed by atoms with van der Waals surface area (Å²) in [5.41, 5.74) is 7.02. The van der Waals surface area contributed by atoms with Crippen LogP contribution in [0.5, 0.6) is 0 Å². The molecule has 1 atom stereocenters. The highest BCUT2D eigenvalue weighted by Gasteiger charge is 2.11. The van der Waals surface area contributed by atoms with Gasteiger partial charge in [0.25, 0.3) is 0 Å². The van der Waals surface area contributed by atoms with E-state index in [1.807, 2.05) is 0 Å². The third-order valence-electron chi connectivity index (χ3n) is 2.55. The van der Waals surface area contributed by atoms with Gasteiger partial charge in [-0.25, -0.2) is 8.78 Å². The van der Waals surface area contributed by atoms with Gasteiger partial charge in [0.2, 0.25) is 0 Å². The van der Waals surface area contributed by atoms with E-state index in [-0.39, 0.29) is 10.6 Å². The van der Waals surface area contributed by atoms with Gasteiger partial charge >= 0.3 is 0 Å². The van der Waals surface area contributed by atoms with E-state index in [9.17, 15) is 13.0 Å². The van der Waals surface area contributed by atoms with Crippen LogP contribution in [0.25, 0.3) is 0 Å². The van der Waals surface area contributed by atoms with E-state index in [0.29, 0.717) is 10.2 Å². The first-order valence-electron chi connectivity index (χ1n) is 5.35. The highest BCUT2D eigenvalue weighted by atomic mass is 79.9. The molecular formula is C13H10BrF2NOS. The maximum absolute atomic E-state index is 13.1. The van der Waals surface area contributed by atoms with Gasteiger partial charge in [-0.1, -0.05) is 12.1 Å². The van der Waals surface area contributed by atoms with Crippen LogP contribution < -0.4 is 5.73 Å². The third-order valence-corrected chi connectivity index (χ3v) is 4.87. The number of nitrogens with two attached hydrogens (primary N) is 1. The molecule has 0 aromatic heterocycles. The van der Waals surface area contributed by atoms with Gasteiger partial charge < -0.3 is 5.73 Å². The second-order valence-electron chi connectivity index (χ2n) is 3.89. The van der Waals surface area contributed by atoms with Gasteiger partial charge in [0.15, 0.2) is 11.6 Å². The molecular weight excluding hydrogens is 336 g/mol. The zero-order chi connectivity index (χ0) is 14.0. The van der Waals surface area contributed by atoms with Crippen molar-refractivity contribution in [1.82, 2.24) is 0 Å². The molecule has 2 rings (SSSR count). The van der Waals surface area contributed by atoms with Crippen molar-refractivity contribution in [2.45, 2.75) is 10.6 Å². The highest BCUT2D eigenvalue weighted by molar-refractivity contribution is 9.10. The number of nitrogen functional groups attached to an aromatic ring is 1. The summed E-state index contributed by atoms with van der Waals surface area (Å²) in [4.78, 5) is 0.244. The summed E-state index contributed by atoms with van der Waals surface area (Å²) >= 11 is 3.31. The maximum atomic E-state index is 13.1. The van der Waals surface area contributed by atoms with Gasteiger partial charge in [0.05, 0.1) is 16.6 Å². The van der Waals surface area contributed by atoms with Crippen LogP contribution in [-0.4, -0.2) is 4.21 Å². The van der Waals surface area contributed by atoms with Crippen LogP contribution in [0.2, 0.25) is 0 Å². The molecule has 100 valence electrons. The van der Waals surface area contributed by atoms with Crippen molar-refractivity contribution in [2.24, 2.45) is 0 Å². The molecule has 19 heavy (non-hydrogen) atoms. The first-order valence-corrected chi connectivity index (χ1v) is 7.46. The lowest BCUT2D eigenvalue weighted by molar-refractivity contribution is 0.505. The smallest absolute Gasteiger partial charge is 0.160 e. The minimum atomic E-state index is -1.46. The second-order valence-corrected chi connectivity index (χ2v) is 6.13. The Balaban J connectivity index is 2.26. The number of anilines is 1. The highest BCUT2D eigenvalue weighted by Crippen LogP contribution is 2.26. The Morgan fingerprint density at radius 3 is 2.58 bits per heavy atom. The third kappa shape index (κ3) is 3.19. The molecule has 0 amide bonds. The van der Waals surface area contributed by atoms with Crippen LogP contribution in [-0.2, 0) is 16.6 Å². The van der Waals surface area contributed by atoms with Crippen LogP contribution in [0.3, 0.4) is 0 Å². The van der Waals surface area contributed by atoms with Gasteiger partial charge in [-0.05, 0) is 45.8 Å². The Kier molecular flexibility index (Phi) is 4.31. The van der Waals surface area contributed by atoms with Crippen molar-refractivity contribution in [3.8, 4) is 0 Å². The molecule has 0 saturated heterocycles. The maximum Gasteiger partial charge on any atom is 0.160 e. The van der Waals surface area contributed by atoms with E-state index in [1.54, 1.807) is 18.2 Å². The summed E-state index contributed by atoms with van der Waals surface area (Å²) in [5.74, 6) is -1.78. The van der Waals surface area contributed by atoms with Crippen LogP contribution in [0.4, 0.5) is 14.5 Å². The van der Waals surface area contributed by atoms with Gasteiger partial charge in [-0.2, -0.15) is 0 Å². The normalized spacial score (nSPS) is 12.4. The fourth-order valence-electron chi connectivity index (χ4n) is 1.55. The summed E-state index contributed by atoms with van der Waals surface area (Å²) in [6.45, 7) is 0. The summed E-state index contributed by atoms with van der Waals surface area (Å²) in [6, 6.07) is 8.47. The SMILES string of the molecule is Nc1cccc(CS(=O)c2ccc(F)c(F)c2)c1Br. The van der Waals surface area contributed by atoms with Gasteiger partial charge in [-0.3, -0.25) is 4.21 Å². The van der Waals surface area contributed by atoms with Crippen LogP contribution in [0.1, 0.15) is 5.56 Å². The number of hydrogen-bond donors (Lipinski definition) is 1. The summed E-state index contributed by atoms with van der Waals surface area (Å²) in [5, 5.41) is 0. The largest absolute Gasteiger partial charge is 0.398 e. The Morgan fingerprint density at radius 2 is 1.89 bits per heavy atom. The van der Waals surface area contributed by atoms with Crippen molar-refractivity contribution in [1.29, 1.82) is 0 Å². The first-order chi connectivity index (χ1) is 8.99. The van der Waals surface area contributed by atoms with E-state index < -0.39 is 22.4 Å². The molecule has 0 aliphatic heterocycles. The van der Waals surface area contributed by atoms with Crippen LogP contribution >= 0.6 is 15.9 Å². The zero-order valence-corrected chi connectivity index (χ0v) is 12.1. The van der Waals surface area contributed by atoms with Gasteiger partial charge in [0.1, 0.15) is 0 Å². The van der Waals surface area contributed by atoms with E-state index >= 15 is 0 Å². The number of benzene rings is 2. The van der Waals surface area contributed by atoms with Crippen molar-refractivity contribution in [2.75, 3.05) is 5.73 Å². The minimum absolute atomic E-state index is 0.177. The number of halogens is 3. The molecule has 0 saturated carbocycles. The van der Waals surface area contributed by atoms with Crippen LogP contribution in [0.15, 0.2) is 45.8 Å². The Labute approximate surface area is 120 Å². The molecule has 0 heterocycles. The fourth-order valence-corrected chi connectivity index (χ4v) is 3.29. The minimum Gasteiger partial charge on any atom is -0.398 e. The molecule has 2 aromatic rings. The molecule has 1 unspecified atom stereocenters. The first kappa shape index (κ1) is 14.1. The number of hydrogen-bond acceptors (Lipinski definition) is 2. The van der Waals surface area contributed by atoms with E-state index in [4.69, 9.17) is 5.73 Å². The molecule has 0 aliphatic carbocycles. The van der Waals surface area contributed by atoms with E-state index in [2.05, 4.69) is 15.9 Å². The number of rotatable bonds is 3. The molecule has 2 N–H and O–H groups in total. The Morgan fingerprint density at radius 1 is 1.16 bits per heavy atom. The lowest BCUT2D eigenvalue weighted by Crippen LogP contribution is -2.00. The second kappa shape index (κ2) is 5.79. The molecule has 0 spiro atoms. The van der Waals surface area contributed by atoms with Crippen molar-refractivity contribution >= 4 is 32.4 Å². The fraction of sp³-hybridized carbons (Fsp3) is 0.0769. The molecule has 0 bridgehead atoms. The average molecular weight is 346 g/mol. The predicted octanol–water partition coefficient (Wildman–Crippen LogP) is 3.62. The average Bonchev–Trinajstić information content (AvgIpc) is 2.38. The van der Waals surface area contributed by atoms with E-state index in [1.165, 1.54) is 6.07 Å². The molecule has 6 heteroatoms. The van der Waals surface area contributed by atoms with Crippen molar-refractivity contribution < 1.29 is 13.0 Å². The Bertz CT molecular complexity index is 649. The topological polar surface area (TPSA) is 43.1 Å². The quantitative estimate of drug-likeness (QED) is 0.863. The summed E-state index contributed by atoms with van der Waals surface area (Å²) < 4.78 is 38.7. The molecule has 0 radical (unpaired) electrons. The van der Waals surface area contributed by atoms with Crippen LogP contribution in [0, 0.1) is 11.6 Å². The lowest BCUT2D eigenvalue weighted by atomic mass is 10.2. The monoisotopic (exact) mass is 345 g/mol. The standard InChI is InChI=1S/C13H10BrF2NOS/c14-13-8(2-1-3-12(13)17)7-19(18)9-4-5-10(15)11(16)6-9/h1-6H,7,17H2. The Hall–Kier alpha value is -1.27. The van der Waals surface area contributed by atoms with Gasteiger partial charge in [-0.15, -0.1) is 0 Å². The van der Waals surface area contributed by atoms with Crippen molar-refractivity contribution in [3.63, 3.8) is 0 Å². The molecule has 2 aromatic carbocycles. The lowest BCUT2D eigenvalue weighted by Gasteiger charge is -2.07.